The van der Waals surface area contributed by atoms with E-state index in [2.05, 4.69) is 5.32 Å². The van der Waals surface area contributed by atoms with Gasteiger partial charge in [0.1, 0.15) is 10.0 Å². The quantitative estimate of drug-likeness (QED) is 0.281. The number of thioether (sulfide) groups is 1. The summed E-state index contributed by atoms with van der Waals surface area (Å²) in [6.07, 6.45) is 1.53. The van der Waals surface area contributed by atoms with Crippen molar-refractivity contribution in [3.8, 4) is 0 Å². The van der Waals surface area contributed by atoms with Gasteiger partial charge in [-0.05, 0) is 17.7 Å². The van der Waals surface area contributed by atoms with Gasteiger partial charge in [0, 0.05) is 6.07 Å². The fraction of sp³-hybridized carbons (Fsp3) is 0. The van der Waals surface area contributed by atoms with Gasteiger partial charge in [0.2, 0.25) is 0 Å². The van der Waals surface area contributed by atoms with Crippen molar-refractivity contribution in [2.75, 3.05) is 5.73 Å². The minimum atomic E-state index is -0.566. The largest absolute Gasteiger partial charge is 0.393 e. The van der Waals surface area contributed by atoms with E-state index in [0.29, 0.717) is 14.8 Å². The first-order chi connectivity index (χ1) is 8.47. The molecule has 2 rings (SSSR count). The molecule has 1 aromatic rings. The third-order valence-corrected chi connectivity index (χ3v) is 3.35. The number of carbonyl (C=O) groups excluding carboxylic acids is 1. The SMILES string of the molecule is Nc1ccc(/C=C2\SC(=S)NC2=O)cc1[N+](=O)[O-]. The molecule has 0 spiro atoms. The molecular weight excluding hydrogens is 274 g/mol. The number of nitro benzene ring substituents is 1. The summed E-state index contributed by atoms with van der Waals surface area (Å²) in [5, 5.41) is 13.2. The van der Waals surface area contributed by atoms with Crippen molar-refractivity contribution in [2.24, 2.45) is 0 Å². The van der Waals surface area contributed by atoms with Crippen LogP contribution in [0.15, 0.2) is 23.1 Å². The number of nitrogen functional groups attached to an aromatic ring is 1. The van der Waals surface area contributed by atoms with E-state index in [-0.39, 0.29) is 17.3 Å². The minimum absolute atomic E-state index is 0.0844. The van der Waals surface area contributed by atoms with Crippen LogP contribution in [0.3, 0.4) is 0 Å². The van der Waals surface area contributed by atoms with Crippen LogP contribution in [0.4, 0.5) is 11.4 Å². The fourth-order valence-electron chi connectivity index (χ4n) is 1.38. The van der Waals surface area contributed by atoms with Gasteiger partial charge in [0.15, 0.2) is 0 Å². The second-order valence-electron chi connectivity index (χ2n) is 3.43. The van der Waals surface area contributed by atoms with Crippen LogP contribution < -0.4 is 11.1 Å². The van der Waals surface area contributed by atoms with Crippen LogP contribution in [-0.4, -0.2) is 15.2 Å². The first kappa shape index (κ1) is 12.5. The van der Waals surface area contributed by atoms with Crippen LogP contribution in [0.25, 0.3) is 6.08 Å². The first-order valence-corrected chi connectivity index (χ1v) is 5.98. The summed E-state index contributed by atoms with van der Waals surface area (Å²) in [5.41, 5.74) is 5.91. The number of nitrogens with one attached hydrogen (secondary N) is 1. The van der Waals surface area contributed by atoms with Crippen LogP contribution in [0.2, 0.25) is 0 Å². The van der Waals surface area contributed by atoms with Crippen LogP contribution in [0.1, 0.15) is 5.56 Å². The van der Waals surface area contributed by atoms with Gasteiger partial charge in [-0.1, -0.05) is 30.0 Å². The van der Waals surface area contributed by atoms with E-state index in [1.54, 1.807) is 6.07 Å². The number of nitrogens with zero attached hydrogens (tertiary/aromatic N) is 1. The van der Waals surface area contributed by atoms with Crippen molar-refractivity contribution >= 4 is 51.7 Å². The normalized spacial score (nSPS) is 17.0. The second kappa shape index (κ2) is 4.75. The highest BCUT2D eigenvalue weighted by atomic mass is 32.2. The van der Waals surface area contributed by atoms with E-state index >= 15 is 0 Å². The molecule has 1 fully saturated rings. The molecule has 92 valence electrons. The molecule has 8 heteroatoms. The number of amides is 1. The van der Waals surface area contributed by atoms with Gasteiger partial charge in [0.05, 0.1) is 9.83 Å². The zero-order chi connectivity index (χ0) is 13.3. The molecule has 3 N–H and O–H groups in total. The van der Waals surface area contributed by atoms with Crippen LogP contribution in [0.5, 0.6) is 0 Å². The van der Waals surface area contributed by atoms with Gasteiger partial charge in [-0.25, -0.2) is 0 Å². The van der Waals surface area contributed by atoms with Gasteiger partial charge in [0.25, 0.3) is 11.6 Å². The van der Waals surface area contributed by atoms with Crippen LogP contribution >= 0.6 is 24.0 Å². The number of hydrogen-bond donors (Lipinski definition) is 2. The minimum Gasteiger partial charge on any atom is -0.393 e. The molecular formula is C10H7N3O3S2. The smallest absolute Gasteiger partial charge is 0.292 e. The average Bonchev–Trinajstić information content (AvgIpc) is 2.60. The molecule has 1 aromatic carbocycles. The molecule has 0 bridgehead atoms. The van der Waals surface area contributed by atoms with Gasteiger partial charge in [-0.3, -0.25) is 14.9 Å². The number of hydrogen-bond acceptors (Lipinski definition) is 6. The number of nitro groups is 1. The number of thiocarbonyl (C=S) groups is 1. The van der Waals surface area contributed by atoms with E-state index in [9.17, 15) is 14.9 Å². The first-order valence-electron chi connectivity index (χ1n) is 4.76. The topological polar surface area (TPSA) is 98.3 Å². The van der Waals surface area contributed by atoms with Crippen molar-refractivity contribution in [1.82, 2.24) is 5.32 Å². The Labute approximate surface area is 111 Å². The summed E-state index contributed by atoms with van der Waals surface area (Å²) >= 11 is 5.96. The Morgan fingerprint density at radius 3 is 2.78 bits per heavy atom. The third kappa shape index (κ3) is 2.49. The summed E-state index contributed by atoms with van der Waals surface area (Å²) in [4.78, 5) is 22.0. The summed E-state index contributed by atoms with van der Waals surface area (Å²) in [6.45, 7) is 0. The predicted molar refractivity (Wildman–Crippen MR) is 73.8 cm³/mol. The Bertz CT molecular complexity index is 598. The Morgan fingerprint density at radius 2 is 2.22 bits per heavy atom. The van der Waals surface area contributed by atoms with Crippen LogP contribution in [0, 0.1) is 10.1 Å². The van der Waals surface area contributed by atoms with Crippen molar-refractivity contribution in [3.63, 3.8) is 0 Å². The van der Waals surface area contributed by atoms with Crippen molar-refractivity contribution in [1.29, 1.82) is 0 Å². The van der Waals surface area contributed by atoms with Gasteiger partial charge < -0.3 is 11.1 Å². The molecule has 1 amide bonds. The molecule has 0 radical (unpaired) electrons. The van der Waals surface area contributed by atoms with E-state index in [1.165, 1.54) is 18.2 Å². The van der Waals surface area contributed by atoms with E-state index < -0.39 is 4.92 Å². The summed E-state index contributed by atoms with van der Waals surface area (Å²) in [7, 11) is 0. The molecule has 1 aliphatic rings. The molecule has 0 saturated carbocycles. The highest BCUT2D eigenvalue weighted by molar-refractivity contribution is 8.26. The molecule has 1 heterocycles. The van der Waals surface area contributed by atoms with Crippen molar-refractivity contribution in [2.45, 2.75) is 0 Å². The monoisotopic (exact) mass is 281 g/mol. The molecule has 0 atom stereocenters. The van der Waals surface area contributed by atoms with E-state index in [0.717, 1.165) is 11.8 Å². The highest BCUT2D eigenvalue weighted by Gasteiger charge is 2.22. The molecule has 0 aromatic heterocycles. The zero-order valence-electron chi connectivity index (χ0n) is 8.88. The van der Waals surface area contributed by atoms with Gasteiger partial charge in [-0.15, -0.1) is 0 Å². The standard InChI is InChI=1S/C10H7N3O3S2/c11-6-2-1-5(3-7(6)13(15)16)4-8-9(14)12-10(17)18-8/h1-4H,11H2,(H,12,14,17)/b8-4-. The van der Waals surface area contributed by atoms with E-state index in [4.69, 9.17) is 18.0 Å². The number of rotatable bonds is 2. The molecule has 1 aliphatic heterocycles. The zero-order valence-corrected chi connectivity index (χ0v) is 10.5. The number of benzene rings is 1. The molecule has 1 saturated heterocycles. The maximum Gasteiger partial charge on any atom is 0.292 e. The van der Waals surface area contributed by atoms with Crippen molar-refractivity contribution in [3.05, 3.63) is 38.8 Å². The lowest BCUT2D eigenvalue weighted by atomic mass is 10.1. The summed E-state index contributed by atoms with van der Waals surface area (Å²) in [5.74, 6) is -0.301. The Balaban J connectivity index is 2.38. The molecule has 18 heavy (non-hydrogen) atoms. The van der Waals surface area contributed by atoms with Gasteiger partial charge >= 0.3 is 0 Å². The van der Waals surface area contributed by atoms with Crippen molar-refractivity contribution < 1.29 is 9.72 Å². The predicted octanol–water partition coefficient (Wildman–Crippen LogP) is 1.67. The summed E-state index contributed by atoms with van der Waals surface area (Å²) in [6, 6.07) is 4.35. The number of carbonyl (C=O) groups is 1. The Kier molecular flexibility index (Phi) is 3.30. The fourth-order valence-corrected chi connectivity index (χ4v) is 2.43. The molecule has 0 aliphatic carbocycles. The average molecular weight is 281 g/mol. The maximum atomic E-state index is 11.4. The maximum absolute atomic E-state index is 11.4. The number of anilines is 1. The van der Waals surface area contributed by atoms with E-state index in [1.807, 2.05) is 0 Å². The lowest BCUT2D eigenvalue weighted by molar-refractivity contribution is -0.383. The van der Waals surface area contributed by atoms with Crippen LogP contribution in [-0.2, 0) is 4.79 Å². The summed E-state index contributed by atoms with van der Waals surface area (Å²) < 4.78 is 0.371. The number of nitrogens with two attached hydrogens (primary N) is 1. The molecule has 6 nitrogen and oxygen atoms in total. The second-order valence-corrected chi connectivity index (χ2v) is 5.15. The lowest BCUT2D eigenvalue weighted by Gasteiger charge is -1.99. The third-order valence-electron chi connectivity index (χ3n) is 2.19. The molecule has 0 unspecified atom stereocenters. The Morgan fingerprint density at radius 1 is 1.50 bits per heavy atom. The Hall–Kier alpha value is -1.93. The lowest BCUT2D eigenvalue weighted by Crippen LogP contribution is -2.17. The highest BCUT2D eigenvalue weighted by Crippen LogP contribution is 2.28. The van der Waals surface area contributed by atoms with Gasteiger partial charge in [-0.2, -0.15) is 0 Å².